The number of carbonyl (C=O) groups excluding carboxylic acids is 1. The average Bonchev–Trinajstić information content (AvgIpc) is 2.90. The van der Waals surface area contributed by atoms with Gasteiger partial charge in [-0.2, -0.15) is 0 Å². The predicted octanol–water partition coefficient (Wildman–Crippen LogP) is 1.77. The summed E-state index contributed by atoms with van der Waals surface area (Å²) in [4.78, 5) is 17.1. The summed E-state index contributed by atoms with van der Waals surface area (Å²) < 4.78 is 0. The smallest absolute Gasteiger partial charge is 0.226 e. The highest BCUT2D eigenvalue weighted by Gasteiger charge is 2.32. The number of rotatable bonds is 4. The number of carbonyl (C=O) groups is 1. The second-order valence-electron chi connectivity index (χ2n) is 5.76. The quantitative estimate of drug-likeness (QED) is 0.855. The van der Waals surface area contributed by atoms with Crippen LogP contribution in [0.2, 0.25) is 0 Å². The Balaban J connectivity index is 0.00000180. The van der Waals surface area contributed by atoms with Crippen LogP contribution in [0, 0.1) is 5.92 Å². The molecule has 0 bridgehead atoms. The summed E-state index contributed by atoms with van der Waals surface area (Å²) >= 11 is 0. The van der Waals surface area contributed by atoms with Crippen LogP contribution in [0.1, 0.15) is 32.6 Å². The zero-order valence-electron chi connectivity index (χ0n) is 12.6. The fourth-order valence-electron chi connectivity index (χ4n) is 3.11. The Morgan fingerprint density at radius 2 is 1.90 bits per heavy atom. The summed E-state index contributed by atoms with van der Waals surface area (Å²) in [6, 6.07) is 0.442. The first-order valence-corrected chi connectivity index (χ1v) is 7.42. The number of hydrogen-bond acceptors (Lipinski definition) is 3. The van der Waals surface area contributed by atoms with E-state index < -0.39 is 0 Å². The number of nitrogens with zero attached hydrogens (tertiary/aromatic N) is 2. The van der Waals surface area contributed by atoms with Crippen molar-refractivity contribution in [1.82, 2.24) is 15.1 Å². The monoisotopic (exact) mass is 325 g/mol. The number of halogens is 2. The minimum Gasteiger partial charge on any atom is -0.338 e. The summed E-state index contributed by atoms with van der Waals surface area (Å²) in [5, 5.41) is 3.37. The minimum absolute atomic E-state index is 0. The SMILES string of the molecule is CCCN(C(=O)C1CCN(C)CC1)C1CCNC1.Cl.Cl. The van der Waals surface area contributed by atoms with Crippen LogP contribution < -0.4 is 5.32 Å². The summed E-state index contributed by atoms with van der Waals surface area (Å²) in [5.74, 6) is 0.687. The van der Waals surface area contributed by atoms with E-state index in [0.29, 0.717) is 11.9 Å². The van der Waals surface area contributed by atoms with Gasteiger partial charge >= 0.3 is 0 Å². The standard InChI is InChI=1S/C14H27N3O.2ClH/c1-3-8-17(13-4-7-15-11-13)14(18)12-5-9-16(2)10-6-12;;/h12-13,15H,3-11H2,1-2H3;2*1H. The molecule has 2 rings (SSSR count). The molecule has 0 saturated carbocycles. The van der Waals surface area contributed by atoms with Gasteiger partial charge in [-0.3, -0.25) is 4.79 Å². The first-order valence-electron chi connectivity index (χ1n) is 7.42. The Bertz CT molecular complexity index is 278. The normalized spacial score (nSPS) is 23.8. The molecule has 0 aromatic heterocycles. The van der Waals surface area contributed by atoms with Gasteiger partial charge in [-0.15, -0.1) is 24.8 Å². The van der Waals surface area contributed by atoms with E-state index in [1.54, 1.807) is 0 Å². The van der Waals surface area contributed by atoms with E-state index in [1.807, 2.05) is 0 Å². The van der Waals surface area contributed by atoms with Crippen molar-refractivity contribution >= 4 is 30.7 Å². The van der Waals surface area contributed by atoms with E-state index in [2.05, 4.69) is 29.1 Å². The molecule has 120 valence electrons. The molecule has 1 unspecified atom stereocenters. The van der Waals surface area contributed by atoms with Crippen LogP contribution in [-0.4, -0.2) is 61.5 Å². The van der Waals surface area contributed by atoms with Crippen LogP contribution in [0.5, 0.6) is 0 Å². The lowest BCUT2D eigenvalue weighted by Crippen LogP contribution is -2.47. The van der Waals surface area contributed by atoms with E-state index in [-0.39, 0.29) is 30.7 Å². The molecule has 20 heavy (non-hydrogen) atoms. The fourth-order valence-corrected chi connectivity index (χ4v) is 3.11. The Labute approximate surface area is 135 Å². The molecule has 1 atom stereocenters. The summed E-state index contributed by atoms with van der Waals surface area (Å²) in [6.45, 7) is 7.28. The first-order chi connectivity index (χ1) is 8.72. The van der Waals surface area contributed by atoms with Gasteiger partial charge in [0.1, 0.15) is 0 Å². The van der Waals surface area contributed by atoms with Crippen molar-refractivity contribution in [1.29, 1.82) is 0 Å². The van der Waals surface area contributed by atoms with Crippen LogP contribution in [-0.2, 0) is 4.79 Å². The van der Waals surface area contributed by atoms with Gasteiger partial charge < -0.3 is 15.1 Å². The van der Waals surface area contributed by atoms with Crippen molar-refractivity contribution in [3.05, 3.63) is 0 Å². The van der Waals surface area contributed by atoms with Gasteiger partial charge in [0.15, 0.2) is 0 Å². The molecule has 4 nitrogen and oxygen atoms in total. The largest absolute Gasteiger partial charge is 0.338 e. The van der Waals surface area contributed by atoms with Crippen LogP contribution in [0.3, 0.4) is 0 Å². The average molecular weight is 326 g/mol. The molecule has 2 heterocycles. The highest BCUT2D eigenvalue weighted by atomic mass is 35.5. The van der Waals surface area contributed by atoms with Crippen molar-refractivity contribution in [3.63, 3.8) is 0 Å². The Kier molecular flexibility index (Phi) is 9.81. The molecule has 0 aliphatic carbocycles. The lowest BCUT2D eigenvalue weighted by Gasteiger charge is -2.35. The van der Waals surface area contributed by atoms with Crippen molar-refractivity contribution in [2.75, 3.05) is 39.8 Å². The van der Waals surface area contributed by atoms with Gasteiger partial charge in [0.05, 0.1) is 0 Å². The number of nitrogens with one attached hydrogen (secondary N) is 1. The third-order valence-electron chi connectivity index (χ3n) is 4.29. The van der Waals surface area contributed by atoms with E-state index in [0.717, 1.165) is 58.4 Å². The molecular weight excluding hydrogens is 297 g/mol. The summed E-state index contributed by atoms with van der Waals surface area (Å²) in [7, 11) is 2.14. The molecule has 2 saturated heterocycles. The lowest BCUT2D eigenvalue weighted by atomic mass is 9.94. The van der Waals surface area contributed by atoms with E-state index in [1.165, 1.54) is 0 Å². The molecule has 2 aliphatic rings. The molecule has 6 heteroatoms. The summed E-state index contributed by atoms with van der Waals surface area (Å²) in [6.07, 6.45) is 4.26. The Morgan fingerprint density at radius 3 is 2.40 bits per heavy atom. The van der Waals surface area contributed by atoms with Crippen LogP contribution in [0.25, 0.3) is 0 Å². The maximum Gasteiger partial charge on any atom is 0.226 e. The van der Waals surface area contributed by atoms with Crippen molar-refractivity contribution < 1.29 is 4.79 Å². The van der Waals surface area contributed by atoms with Gasteiger partial charge in [-0.1, -0.05) is 6.92 Å². The van der Waals surface area contributed by atoms with Gasteiger partial charge in [-0.25, -0.2) is 0 Å². The molecular formula is C14H29Cl2N3O. The van der Waals surface area contributed by atoms with Crippen molar-refractivity contribution in [2.24, 2.45) is 5.92 Å². The predicted molar refractivity (Wildman–Crippen MR) is 88.0 cm³/mol. The Morgan fingerprint density at radius 1 is 1.25 bits per heavy atom. The second kappa shape index (κ2) is 9.82. The van der Waals surface area contributed by atoms with Crippen LogP contribution >= 0.6 is 24.8 Å². The van der Waals surface area contributed by atoms with Crippen molar-refractivity contribution in [3.8, 4) is 0 Å². The van der Waals surface area contributed by atoms with E-state index in [4.69, 9.17) is 0 Å². The second-order valence-corrected chi connectivity index (χ2v) is 5.76. The van der Waals surface area contributed by atoms with Crippen LogP contribution in [0.15, 0.2) is 0 Å². The molecule has 0 aromatic rings. The third kappa shape index (κ3) is 5.06. The third-order valence-corrected chi connectivity index (χ3v) is 4.29. The summed E-state index contributed by atoms with van der Waals surface area (Å²) in [5.41, 5.74) is 0. The molecule has 1 N–H and O–H groups in total. The molecule has 0 spiro atoms. The van der Waals surface area contributed by atoms with Crippen LogP contribution in [0.4, 0.5) is 0 Å². The number of piperidine rings is 1. The number of hydrogen-bond donors (Lipinski definition) is 1. The zero-order chi connectivity index (χ0) is 13.0. The highest BCUT2D eigenvalue weighted by Crippen LogP contribution is 2.21. The molecule has 2 fully saturated rings. The van der Waals surface area contributed by atoms with Gasteiger partial charge in [-0.05, 0) is 52.4 Å². The van der Waals surface area contributed by atoms with E-state index in [9.17, 15) is 4.79 Å². The first kappa shape index (κ1) is 20.0. The van der Waals surface area contributed by atoms with Gasteiger partial charge in [0.2, 0.25) is 5.91 Å². The number of likely N-dealkylation sites (tertiary alicyclic amines) is 1. The van der Waals surface area contributed by atoms with Gasteiger partial charge in [0.25, 0.3) is 0 Å². The van der Waals surface area contributed by atoms with Gasteiger partial charge in [0, 0.05) is 25.0 Å². The Hall–Kier alpha value is -0.0300. The van der Waals surface area contributed by atoms with E-state index >= 15 is 0 Å². The minimum atomic E-state index is 0. The zero-order valence-corrected chi connectivity index (χ0v) is 14.3. The lowest BCUT2D eigenvalue weighted by molar-refractivity contribution is -0.139. The molecule has 0 radical (unpaired) electrons. The highest BCUT2D eigenvalue weighted by molar-refractivity contribution is 5.85. The van der Waals surface area contributed by atoms with Crippen molar-refractivity contribution in [2.45, 2.75) is 38.6 Å². The fraction of sp³-hybridized carbons (Fsp3) is 0.929. The molecule has 2 aliphatic heterocycles. The topological polar surface area (TPSA) is 35.6 Å². The maximum absolute atomic E-state index is 12.7. The molecule has 0 aromatic carbocycles. The number of amides is 1. The maximum atomic E-state index is 12.7. The molecule has 1 amide bonds.